The maximum atomic E-state index is 6.29. The molecule has 6 heteroatoms. The molecule has 154 valence electrons. The third-order valence-electron chi connectivity index (χ3n) is 5.44. The summed E-state index contributed by atoms with van der Waals surface area (Å²) in [6, 6.07) is 20.0. The summed E-state index contributed by atoms with van der Waals surface area (Å²) in [6.45, 7) is 4.68. The first-order valence-corrected chi connectivity index (χ1v) is 10.1. The molecule has 0 bridgehead atoms. The van der Waals surface area contributed by atoms with Crippen molar-refractivity contribution in [2.75, 3.05) is 6.61 Å². The molecule has 29 heavy (non-hydrogen) atoms. The summed E-state index contributed by atoms with van der Waals surface area (Å²) in [5.74, 6) is -0.691. The van der Waals surface area contributed by atoms with Crippen LogP contribution in [0.25, 0.3) is 0 Å². The van der Waals surface area contributed by atoms with Gasteiger partial charge < -0.3 is 28.4 Å². The topological polar surface area (TPSA) is 55.4 Å². The van der Waals surface area contributed by atoms with Crippen LogP contribution < -0.4 is 0 Å². The Morgan fingerprint density at radius 1 is 0.793 bits per heavy atom. The highest BCUT2D eigenvalue weighted by Crippen LogP contribution is 2.45. The van der Waals surface area contributed by atoms with E-state index in [9.17, 15) is 0 Å². The van der Waals surface area contributed by atoms with Crippen molar-refractivity contribution in [1.29, 1.82) is 0 Å². The van der Waals surface area contributed by atoms with Gasteiger partial charge in [-0.15, -0.1) is 0 Å². The second kappa shape index (κ2) is 7.80. The molecule has 3 heterocycles. The summed E-state index contributed by atoms with van der Waals surface area (Å²) in [6.07, 6.45) is -2.14. The normalized spacial score (nSPS) is 35.2. The summed E-state index contributed by atoms with van der Waals surface area (Å²) < 4.78 is 36.7. The van der Waals surface area contributed by atoms with E-state index in [0.717, 1.165) is 11.1 Å². The van der Waals surface area contributed by atoms with Crippen LogP contribution in [0.15, 0.2) is 60.7 Å². The predicted molar refractivity (Wildman–Crippen MR) is 104 cm³/mol. The van der Waals surface area contributed by atoms with Gasteiger partial charge in [0.05, 0.1) is 13.2 Å². The highest BCUT2D eigenvalue weighted by Gasteiger charge is 2.60. The summed E-state index contributed by atoms with van der Waals surface area (Å²) >= 11 is 0. The summed E-state index contributed by atoms with van der Waals surface area (Å²) in [5.41, 5.74) is 2.08. The van der Waals surface area contributed by atoms with E-state index < -0.39 is 18.4 Å². The van der Waals surface area contributed by atoms with E-state index in [1.54, 1.807) is 0 Å². The van der Waals surface area contributed by atoms with Gasteiger partial charge in [0.2, 0.25) is 0 Å². The van der Waals surface area contributed by atoms with E-state index in [1.807, 2.05) is 74.5 Å². The fourth-order valence-electron chi connectivity index (χ4n) is 4.14. The Hall–Kier alpha value is -1.80. The second-order valence-electron chi connectivity index (χ2n) is 8.09. The third-order valence-corrected chi connectivity index (χ3v) is 5.44. The predicted octanol–water partition coefficient (Wildman–Crippen LogP) is 3.56. The zero-order valence-electron chi connectivity index (χ0n) is 16.6. The van der Waals surface area contributed by atoms with Crippen LogP contribution in [0.3, 0.4) is 0 Å². The largest absolute Gasteiger partial charge is 0.374 e. The van der Waals surface area contributed by atoms with Crippen molar-refractivity contribution < 1.29 is 28.4 Å². The molecule has 2 unspecified atom stereocenters. The van der Waals surface area contributed by atoms with Crippen LogP contribution in [0.1, 0.15) is 31.3 Å². The standard InChI is InChI=1S/C23H26O6/c1-23(2)28-20-19-18(26-22(20)29-23)17(14-24-13-15-9-5-3-6-10-15)25-21(27-19)16-11-7-4-8-12-16/h3-12,17-22H,13-14H2,1-2H3/t17?,18-,19+,20-,21?,22-/m1/s1. The Bertz CT molecular complexity index is 811. The molecule has 3 aliphatic rings. The smallest absolute Gasteiger partial charge is 0.190 e. The van der Waals surface area contributed by atoms with Crippen molar-refractivity contribution in [1.82, 2.24) is 0 Å². The zero-order valence-corrected chi connectivity index (χ0v) is 16.6. The average molecular weight is 398 g/mol. The van der Waals surface area contributed by atoms with Crippen LogP contribution in [0.2, 0.25) is 0 Å². The number of rotatable bonds is 5. The van der Waals surface area contributed by atoms with Gasteiger partial charge in [-0.05, 0) is 19.4 Å². The van der Waals surface area contributed by atoms with Crippen molar-refractivity contribution in [3.63, 3.8) is 0 Å². The van der Waals surface area contributed by atoms with Crippen LogP contribution in [0, 0.1) is 0 Å². The molecule has 0 spiro atoms. The molecular formula is C23H26O6. The van der Waals surface area contributed by atoms with Crippen molar-refractivity contribution in [2.24, 2.45) is 0 Å². The summed E-state index contributed by atoms with van der Waals surface area (Å²) in [5, 5.41) is 0. The zero-order chi connectivity index (χ0) is 19.8. The first kappa shape index (κ1) is 19.2. The number of hydrogen-bond donors (Lipinski definition) is 0. The van der Waals surface area contributed by atoms with Crippen LogP contribution in [0.4, 0.5) is 0 Å². The molecule has 2 aromatic carbocycles. The minimum atomic E-state index is -0.691. The lowest BCUT2D eigenvalue weighted by molar-refractivity contribution is -0.315. The Kier molecular flexibility index (Phi) is 5.16. The Morgan fingerprint density at radius 3 is 2.28 bits per heavy atom. The molecular weight excluding hydrogens is 372 g/mol. The molecule has 0 amide bonds. The van der Waals surface area contributed by atoms with Crippen molar-refractivity contribution >= 4 is 0 Å². The molecule has 6 atom stereocenters. The van der Waals surface area contributed by atoms with E-state index in [-0.39, 0.29) is 24.4 Å². The SMILES string of the molecule is CC1(C)O[C@H]2O[C@@H]3C(COCc4ccccc4)OC(c4ccccc4)O[C@@H]3[C@H]2O1. The molecule has 0 aromatic heterocycles. The minimum Gasteiger partial charge on any atom is -0.374 e. The van der Waals surface area contributed by atoms with Gasteiger partial charge in [-0.1, -0.05) is 60.7 Å². The van der Waals surface area contributed by atoms with Gasteiger partial charge in [0, 0.05) is 5.56 Å². The molecule has 3 aliphatic heterocycles. The maximum Gasteiger partial charge on any atom is 0.190 e. The van der Waals surface area contributed by atoms with Crippen LogP contribution in [0.5, 0.6) is 0 Å². The maximum absolute atomic E-state index is 6.29. The van der Waals surface area contributed by atoms with Gasteiger partial charge in [-0.2, -0.15) is 0 Å². The quantitative estimate of drug-likeness (QED) is 0.768. The molecule has 0 radical (unpaired) electrons. The average Bonchev–Trinajstić information content (AvgIpc) is 3.21. The highest BCUT2D eigenvalue weighted by molar-refractivity contribution is 5.17. The second-order valence-corrected chi connectivity index (χ2v) is 8.09. The van der Waals surface area contributed by atoms with E-state index in [1.165, 1.54) is 0 Å². The van der Waals surface area contributed by atoms with Crippen LogP contribution in [-0.4, -0.2) is 43.1 Å². The fraction of sp³-hybridized carbons (Fsp3) is 0.478. The Morgan fingerprint density at radius 2 is 1.52 bits per heavy atom. The lowest BCUT2D eigenvalue weighted by Crippen LogP contribution is -2.51. The third kappa shape index (κ3) is 3.97. The number of hydrogen-bond acceptors (Lipinski definition) is 6. The van der Waals surface area contributed by atoms with Gasteiger partial charge in [0.1, 0.15) is 24.4 Å². The van der Waals surface area contributed by atoms with Gasteiger partial charge in [0.15, 0.2) is 18.4 Å². The van der Waals surface area contributed by atoms with E-state index in [4.69, 9.17) is 28.4 Å². The molecule has 0 N–H and O–H groups in total. The Balaban J connectivity index is 1.32. The lowest BCUT2D eigenvalue weighted by Gasteiger charge is -2.39. The number of fused-ring (bicyclic) bond motifs is 3. The van der Waals surface area contributed by atoms with Crippen LogP contribution in [-0.2, 0) is 35.0 Å². The molecule has 5 rings (SSSR count). The van der Waals surface area contributed by atoms with E-state index in [2.05, 4.69) is 0 Å². The summed E-state index contributed by atoms with van der Waals surface area (Å²) in [7, 11) is 0. The molecule has 6 nitrogen and oxygen atoms in total. The molecule has 0 aliphatic carbocycles. The minimum absolute atomic E-state index is 0.286. The molecule has 0 saturated carbocycles. The van der Waals surface area contributed by atoms with Gasteiger partial charge in [-0.3, -0.25) is 0 Å². The molecule has 2 aromatic rings. The van der Waals surface area contributed by atoms with Crippen molar-refractivity contribution in [3.05, 3.63) is 71.8 Å². The van der Waals surface area contributed by atoms with Crippen molar-refractivity contribution in [3.8, 4) is 0 Å². The van der Waals surface area contributed by atoms with E-state index >= 15 is 0 Å². The lowest BCUT2D eigenvalue weighted by atomic mass is 10.0. The number of ether oxygens (including phenoxy) is 6. The highest BCUT2D eigenvalue weighted by atomic mass is 16.9. The first-order valence-electron chi connectivity index (χ1n) is 10.1. The summed E-state index contributed by atoms with van der Waals surface area (Å²) in [4.78, 5) is 0. The van der Waals surface area contributed by atoms with E-state index in [0.29, 0.717) is 13.2 Å². The molecule has 3 fully saturated rings. The van der Waals surface area contributed by atoms with Gasteiger partial charge >= 0.3 is 0 Å². The monoisotopic (exact) mass is 398 g/mol. The molecule has 3 saturated heterocycles. The van der Waals surface area contributed by atoms with Gasteiger partial charge in [-0.25, -0.2) is 0 Å². The van der Waals surface area contributed by atoms with Crippen LogP contribution >= 0.6 is 0 Å². The first-order chi connectivity index (χ1) is 14.1. The Labute approximate surface area is 170 Å². The number of benzene rings is 2. The van der Waals surface area contributed by atoms with Crippen molar-refractivity contribution in [2.45, 2.75) is 63.2 Å². The van der Waals surface area contributed by atoms with Gasteiger partial charge in [0.25, 0.3) is 0 Å². The fourth-order valence-corrected chi connectivity index (χ4v) is 4.14.